The number of unbranched alkanes of at least 4 members (excludes halogenated alkanes) is 18. The molecule has 0 unspecified atom stereocenters. The third kappa shape index (κ3) is 21.9. The molecule has 0 aliphatic heterocycles. The van der Waals surface area contributed by atoms with Crippen molar-refractivity contribution in [3.63, 3.8) is 0 Å². The zero-order valence-electron chi connectivity index (χ0n) is 36.3. The van der Waals surface area contributed by atoms with Crippen molar-refractivity contribution < 1.29 is 45.6 Å². The Balaban J connectivity index is 0.000000413. The summed E-state index contributed by atoms with van der Waals surface area (Å²) in [6.07, 6.45) is 24.5. The van der Waals surface area contributed by atoms with Crippen LogP contribution >= 0.6 is 0 Å². The molecule has 0 heterocycles. The normalized spacial score (nSPS) is 11.3. The van der Waals surface area contributed by atoms with Gasteiger partial charge in [-0.05, 0) is 74.2 Å². The second-order valence-corrected chi connectivity index (χ2v) is 18.2. The van der Waals surface area contributed by atoms with Gasteiger partial charge in [-0.1, -0.05) is 160 Å². The maximum atomic E-state index is 11.9. The van der Waals surface area contributed by atoms with Gasteiger partial charge in [0.1, 0.15) is 43.8 Å². The van der Waals surface area contributed by atoms with Crippen LogP contribution in [0, 0.1) is 0 Å². The first-order chi connectivity index (χ1) is 28.8. The Hall–Kier alpha value is -2.84. The van der Waals surface area contributed by atoms with Gasteiger partial charge in [0.25, 0.3) is 10.1 Å². The quantitative estimate of drug-likeness (QED) is 0.0317. The number of aromatic hydroxyl groups is 1. The third-order valence-electron chi connectivity index (χ3n) is 10.4. The van der Waals surface area contributed by atoms with Gasteiger partial charge in [0.2, 0.25) is 0 Å². The number of phenols is 1. The fraction of sp³-hybridized carbons (Fsp3) is 0.500. The van der Waals surface area contributed by atoms with Gasteiger partial charge in [0, 0.05) is 17.2 Å². The monoisotopic (exact) mass is 906 g/mol. The fourth-order valence-corrected chi connectivity index (χ4v) is 8.68. The predicted molar refractivity (Wildman–Crippen MR) is 242 cm³/mol. The summed E-state index contributed by atoms with van der Waals surface area (Å²) in [5.74, 6) is 1.30. The fourth-order valence-electron chi connectivity index (χ4n) is 7.17. The second kappa shape index (κ2) is 30.3. The average Bonchev–Trinajstić information content (AvgIpc) is 3.19. The van der Waals surface area contributed by atoms with Gasteiger partial charge in [-0.25, -0.2) is 8.42 Å². The Morgan fingerprint density at radius 2 is 0.885 bits per heavy atom. The van der Waals surface area contributed by atoms with Gasteiger partial charge < -0.3 is 24.2 Å². The van der Waals surface area contributed by atoms with Crippen LogP contribution in [0.2, 0.25) is 0 Å². The Labute approximate surface area is 396 Å². The first kappa shape index (κ1) is 54.3. The van der Waals surface area contributed by atoms with Crippen molar-refractivity contribution in [3.8, 4) is 34.5 Å². The molecule has 0 bridgehead atoms. The van der Waals surface area contributed by atoms with E-state index in [-0.39, 0.29) is 59.0 Å². The molecule has 0 saturated carbocycles. The number of benzene rings is 4. The van der Waals surface area contributed by atoms with Crippen LogP contribution in [-0.4, -0.2) is 68.8 Å². The molecule has 0 aliphatic carbocycles. The molecule has 0 aliphatic rings. The van der Waals surface area contributed by atoms with Crippen LogP contribution in [0.5, 0.6) is 34.5 Å². The largest absolute Gasteiger partial charge is 2.00 e. The molecule has 10 nitrogen and oxygen atoms in total. The number of hydrogen-bond donors (Lipinski definition) is 2. The Kier molecular flexibility index (Phi) is 27.0. The summed E-state index contributed by atoms with van der Waals surface area (Å²) in [5.41, 5.74) is 0.867. The molecule has 2 N–H and O–H groups in total. The minimum atomic E-state index is -4.61. The summed E-state index contributed by atoms with van der Waals surface area (Å²) < 4.78 is 80.2. The van der Waals surface area contributed by atoms with Crippen LogP contribution in [0.25, 0.3) is 0 Å². The van der Waals surface area contributed by atoms with Gasteiger partial charge in [0.15, 0.2) is 0 Å². The van der Waals surface area contributed by atoms with E-state index in [4.69, 9.17) is 9.47 Å². The molecule has 4 aromatic rings. The van der Waals surface area contributed by atoms with Gasteiger partial charge in [-0.2, -0.15) is 8.42 Å². The average molecular weight is 907 g/mol. The standard InChI is InChI=1S/2C24H34O5S.Ca/c2*1-2-3-4-5-6-7-8-9-10-11-16-22-23(17-13-18-24(22)30(26,27)28)29-21-15-12-14-20(25)19-21;/h2*12-15,17-19,25H,2-11,16H2,1H3,(H,26,27,28);/q;;+2/p-2. The van der Waals surface area contributed by atoms with Crippen molar-refractivity contribution in [2.24, 2.45) is 0 Å². The topological polar surface area (TPSA) is 173 Å². The van der Waals surface area contributed by atoms with E-state index >= 15 is 0 Å². The van der Waals surface area contributed by atoms with Crippen LogP contribution in [0.3, 0.4) is 0 Å². The second-order valence-electron chi connectivity index (χ2n) is 15.4. The SMILES string of the molecule is CCCCCCCCCCCCc1c(Oc2cccc(O)c2)cccc1S(=O)(=O)O.CCCCCCCCCCCCc1c(Oc2cccc([O-])c2)cccc1S(=O)(=O)[O-].[Ca+2]. The van der Waals surface area contributed by atoms with Crippen LogP contribution in [0.1, 0.15) is 153 Å². The Bertz CT molecular complexity index is 1910. The van der Waals surface area contributed by atoms with Crippen molar-refractivity contribution in [1.29, 1.82) is 0 Å². The van der Waals surface area contributed by atoms with Gasteiger partial charge in [-0.3, -0.25) is 4.55 Å². The van der Waals surface area contributed by atoms with Crippen molar-refractivity contribution in [1.82, 2.24) is 0 Å². The van der Waals surface area contributed by atoms with E-state index in [1.807, 2.05) is 0 Å². The zero-order chi connectivity index (χ0) is 43.6. The summed E-state index contributed by atoms with van der Waals surface area (Å²) in [6, 6.07) is 21.4. The molecular weight excluding hydrogens is 841 g/mol. The van der Waals surface area contributed by atoms with Crippen molar-refractivity contribution >= 4 is 58.0 Å². The smallest absolute Gasteiger partial charge is 0.872 e. The predicted octanol–water partition coefficient (Wildman–Crippen LogP) is 12.4. The molecule has 61 heavy (non-hydrogen) atoms. The van der Waals surface area contributed by atoms with E-state index in [9.17, 15) is 36.2 Å². The maximum Gasteiger partial charge on any atom is 2.00 e. The minimum absolute atomic E-state index is 0. The number of phenolic OH excluding ortho intramolecular Hbond substituents is 1. The molecular formula is C48H66CaO10S2. The summed E-state index contributed by atoms with van der Waals surface area (Å²) in [4.78, 5) is -0.356. The van der Waals surface area contributed by atoms with E-state index in [0.29, 0.717) is 47.0 Å². The van der Waals surface area contributed by atoms with E-state index in [1.54, 1.807) is 42.5 Å². The summed E-state index contributed by atoms with van der Waals surface area (Å²) >= 11 is 0. The van der Waals surface area contributed by atoms with Crippen LogP contribution in [-0.2, 0) is 33.1 Å². The first-order valence-electron chi connectivity index (χ1n) is 21.9. The van der Waals surface area contributed by atoms with Gasteiger partial charge >= 0.3 is 37.7 Å². The van der Waals surface area contributed by atoms with Crippen LogP contribution in [0.4, 0.5) is 0 Å². The molecule has 0 radical (unpaired) electrons. The van der Waals surface area contributed by atoms with E-state index in [1.165, 1.54) is 132 Å². The number of ether oxygens (including phenoxy) is 2. The molecule has 0 atom stereocenters. The van der Waals surface area contributed by atoms with E-state index in [2.05, 4.69) is 13.8 Å². The summed E-state index contributed by atoms with van der Waals surface area (Å²) in [7, 11) is -8.96. The van der Waals surface area contributed by atoms with E-state index in [0.717, 1.165) is 38.5 Å². The molecule has 0 saturated heterocycles. The van der Waals surface area contributed by atoms with Gasteiger partial charge in [-0.15, -0.1) is 5.75 Å². The molecule has 0 fully saturated rings. The molecule has 4 rings (SSSR count). The summed E-state index contributed by atoms with van der Waals surface area (Å²) in [5, 5.41) is 21.2. The molecule has 0 spiro atoms. The number of hydrogen-bond acceptors (Lipinski definition) is 9. The molecule has 13 heteroatoms. The minimum Gasteiger partial charge on any atom is -0.872 e. The van der Waals surface area contributed by atoms with E-state index < -0.39 is 20.2 Å². The molecule has 0 amide bonds. The Morgan fingerprint density at radius 1 is 0.508 bits per heavy atom. The van der Waals surface area contributed by atoms with Crippen molar-refractivity contribution in [2.75, 3.05) is 0 Å². The van der Waals surface area contributed by atoms with Crippen LogP contribution < -0.4 is 14.6 Å². The zero-order valence-corrected chi connectivity index (χ0v) is 40.2. The van der Waals surface area contributed by atoms with Crippen molar-refractivity contribution in [3.05, 3.63) is 96.1 Å². The molecule has 332 valence electrons. The maximum absolute atomic E-state index is 11.9. The number of rotatable bonds is 28. The van der Waals surface area contributed by atoms with Crippen molar-refractivity contribution in [2.45, 2.75) is 165 Å². The third-order valence-corrected chi connectivity index (χ3v) is 12.2. The Morgan fingerprint density at radius 3 is 1.30 bits per heavy atom. The summed E-state index contributed by atoms with van der Waals surface area (Å²) in [6.45, 7) is 4.44. The first-order valence-corrected chi connectivity index (χ1v) is 24.8. The van der Waals surface area contributed by atoms with Gasteiger partial charge in [0.05, 0.1) is 4.90 Å². The van der Waals surface area contributed by atoms with Crippen LogP contribution in [0.15, 0.2) is 94.7 Å². The molecule has 0 aromatic heterocycles. The molecule has 4 aromatic carbocycles.